The summed E-state index contributed by atoms with van der Waals surface area (Å²) in [5.41, 5.74) is 6.97. The third kappa shape index (κ3) is 5.87. The van der Waals surface area contributed by atoms with Crippen molar-refractivity contribution in [2.45, 2.75) is 32.1 Å². The van der Waals surface area contributed by atoms with Gasteiger partial charge in [0.25, 0.3) is 0 Å². The van der Waals surface area contributed by atoms with Gasteiger partial charge in [-0.25, -0.2) is 0 Å². The molecule has 19 heavy (non-hydrogen) atoms. The van der Waals surface area contributed by atoms with Gasteiger partial charge in [0.05, 0.1) is 12.9 Å². The standard InChI is InChI=1S/C14H21NO3S/c1-14(2,3)18-13(16)9-19-8-10-7-11(15)5-6-12(10)17-4/h5-7H,8-9,15H2,1-4H3. The van der Waals surface area contributed by atoms with Crippen LogP contribution in [0.5, 0.6) is 5.75 Å². The van der Waals surface area contributed by atoms with Crippen molar-refractivity contribution in [2.24, 2.45) is 0 Å². The second-order valence-electron chi connectivity index (χ2n) is 5.15. The number of hydrogen-bond donors (Lipinski definition) is 1. The molecular formula is C14H21NO3S. The predicted molar refractivity (Wildman–Crippen MR) is 79.4 cm³/mol. The summed E-state index contributed by atoms with van der Waals surface area (Å²) in [5.74, 6) is 1.55. The van der Waals surface area contributed by atoms with Gasteiger partial charge < -0.3 is 15.2 Å². The minimum atomic E-state index is -0.438. The Labute approximate surface area is 118 Å². The van der Waals surface area contributed by atoms with Crippen molar-refractivity contribution >= 4 is 23.4 Å². The summed E-state index contributed by atoms with van der Waals surface area (Å²) in [7, 11) is 1.62. The molecule has 0 atom stereocenters. The Morgan fingerprint density at radius 1 is 1.37 bits per heavy atom. The molecule has 1 rings (SSSR count). The molecule has 106 valence electrons. The maximum absolute atomic E-state index is 11.6. The first kappa shape index (κ1) is 15.7. The van der Waals surface area contributed by atoms with Crippen molar-refractivity contribution in [3.8, 4) is 5.75 Å². The molecule has 1 aromatic carbocycles. The van der Waals surface area contributed by atoms with Gasteiger partial charge in [0.1, 0.15) is 11.4 Å². The summed E-state index contributed by atoms with van der Waals surface area (Å²) in [4.78, 5) is 11.6. The van der Waals surface area contributed by atoms with Gasteiger partial charge in [-0.15, -0.1) is 11.8 Å². The van der Waals surface area contributed by atoms with E-state index in [1.165, 1.54) is 11.8 Å². The number of nitrogen functional groups attached to an aromatic ring is 1. The van der Waals surface area contributed by atoms with Crippen LogP contribution in [0.25, 0.3) is 0 Å². The fourth-order valence-corrected chi connectivity index (χ4v) is 2.30. The third-order valence-electron chi connectivity index (χ3n) is 2.20. The van der Waals surface area contributed by atoms with Crippen LogP contribution in [0.2, 0.25) is 0 Å². The zero-order valence-electron chi connectivity index (χ0n) is 11.9. The molecule has 1 aromatic rings. The second-order valence-corrected chi connectivity index (χ2v) is 6.14. The van der Waals surface area contributed by atoms with Crippen LogP contribution < -0.4 is 10.5 Å². The molecule has 0 heterocycles. The predicted octanol–water partition coefficient (Wildman–Crippen LogP) is 2.85. The highest BCUT2D eigenvalue weighted by Gasteiger charge is 2.16. The average Bonchev–Trinajstić information content (AvgIpc) is 2.27. The molecule has 2 N–H and O–H groups in total. The summed E-state index contributed by atoms with van der Waals surface area (Å²) in [5, 5.41) is 0. The van der Waals surface area contributed by atoms with E-state index in [9.17, 15) is 4.79 Å². The molecule has 0 spiro atoms. The molecule has 0 amide bonds. The van der Waals surface area contributed by atoms with Crippen LogP contribution in [-0.2, 0) is 15.3 Å². The van der Waals surface area contributed by atoms with Crippen molar-refractivity contribution in [1.82, 2.24) is 0 Å². The Hall–Kier alpha value is -1.36. The van der Waals surface area contributed by atoms with Crippen LogP contribution >= 0.6 is 11.8 Å². The Kier molecular flexibility index (Phi) is 5.54. The first-order chi connectivity index (χ1) is 8.81. The van der Waals surface area contributed by atoms with Crippen molar-refractivity contribution < 1.29 is 14.3 Å². The number of ether oxygens (including phenoxy) is 2. The van der Waals surface area contributed by atoms with Gasteiger partial charge >= 0.3 is 5.97 Å². The second kappa shape index (κ2) is 6.70. The van der Waals surface area contributed by atoms with Crippen molar-refractivity contribution in [1.29, 1.82) is 0 Å². The van der Waals surface area contributed by atoms with Gasteiger partial charge in [0.15, 0.2) is 0 Å². The lowest BCUT2D eigenvalue weighted by molar-refractivity contribution is -0.151. The quantitative estimate of drug-likeness (QED) is 0.665. The number of carbonyl (C=O) groups excluding carboxylic acids is 1. The van der Waals surface area contributed by atoms with Gasteiger partial charge in [-0.3, -0.25) is 4.79 Å². The van der Waals surface area contributed by atoms with Gasteiger partial charge in [-0.05, 0) is 39.0 Å². The molecule has 0 bridgehead atoms. The number of carbonyl (C=O) groups is 1. The van der Waals surface area contributed by atoms with E-state index >= 15 is 0 Å². The topological polar surface area (TPSA) is 61.5 Å². The van der Waals surface area contributed by atoms with Crippen LogP contribution in [0.4, 0.5) is 5.69 Å². The maximum atomic E-state index is 11.6. The molecule has 0 unspecified atom stereocenters. The number of thioether (sulfide) groups is 1. The van der Waals surface area contributed by atoms with E-state index in [2.05, 4.69) is 0 Å². The van der Waals surface area contributed by atoms with Crippen molar-refractivity contribution in [3.05, 3.63) is 23.8 Å². The lowest BCUT2D eigenvalue weighted by Gasteiger charge is -2.19. The van der Waals surface area contributed by atoms with Gasteiger partial charge in [0.2, 0.25) is 0 Å². The molecule has 4 nitrogen and oxygen atoms in total. The normalized spacial score (nSPS) is 11.2. The summed E-state index contributed by atoms with van der Waals surface area (Å²) in [6.07, 6.45) is 0. The van der Waals surface area contributed by atoms with E-state index in [4.69, 9.17) is 15.2 Å². The molecule has 0 aliphatic rings. The van der Waals surface area contributed by atoms with E-state index in [0.29, 0.717) is 17.2 Å². The lowest BCUT2D eigenvalue weighted by Crippen LogP contribution is -2.24. The van der Waals surface area contributed by atoms with E-state index in [0.717, 1.165) is 11.3 Å². The highest BCUT2D eigenvalue weighted by molar-refractivity contribution is 7.99. The van der Waals surface area contributed by atoms with Gasteiger partial charge in [0, 0.05) is 17.0 Å². The third-order valence-corrected chi connectivity index (χ3v) is 3.16. The van der Waals surface area contributed by atoms with E-state index in [1.807, 2.05) is 32.9 Å². The Morgan fingerprint density at radius 3 is 2.63 bits per heavy atom. The largest absolute Gasteiger partial charge is 0.496 e. The number of esters is 1. The van der Waals surface area contributed by atoms with Gasteiger partial charge in [-0.1, -0.05) is 0 Å². The number of anilines is 1. The Morgan fingerprint density at radius 2 is 2.05 bits per heavy atom. The fourth-order valence-electron chi connectivity index (χ4n) is 1.53. The van der Waals surface area contributed by atoms with Crippen LogP contribution in [0.3, 0.4) is 0 Å². The van der Waals surface area contributed by atoms with E-state index in [1.54, 1.807) is 13.2 Å². The number of benzene rings is 1. The first-order valence-electron chi connectivity index (χ1n) is 6.04. The fraction of sp³-hybridized carbons (Fsp3) is 0.500. The molecule has 0 aliphatic carbocycles. The summed E-state index contributed by atoms with van der Waals surface area (Å²) in [6, 6.07) is 5.49. The number of methoxy groups -OCH3 is 1. The van der Waals surface area contributed by atoms with Crippen LogP contribution in [0, 0.1) is 0 Å². The minimum absolute atomic E-state index is 0.208. The van der Waals surface area contributed by atoms with Gasteiger partial charge in [-0.2, -0.15) is 0 Å². The van der Waals surface area contributed by atoms with Crippen LogP contribution in [-0.4, -0.2) is 24.4 Å². The number of nitrogens with two attached hydrogens (primary N) is 1. The minimum Gasteiger partial charge on any atom is -0.496 e. The maximum Gasteiger partial charge on any atom is 0.316 e. The zero-order chi connectivity index (χ0) is 14.5. The zero-order valence-corrected chi connectivity index (χ0v) is 12.7. The molecule has 0 saturated carbocycles. The SMILES string of the molecule is COc1ccc(N)cc1CSCC(=O)OC(C)(C)C. The highest BCUT2D eigenvalue weighted by atomic mass is 32.2. The molecular weight excluding hydrogens is 262 g/mol. The van der Waals surface area contributed by atoms with Crippen molar-refractivity contribution in [3.63, 3.8) is 0 Å². The summed E-state index contributed by atoms with van der Waals surface area (Å²) < 4.78 is 10.5. The van der Waals surface area contributed by atoms with E-state index in [-0.39, 0.29) is 5.97 Å². The highest BCUT2D eigenvalue weighted by Crippen LogP contribution is 2.25. The molecule has 0 fully saturated rings. The molecule has 0 radical (unpaired) electrons. The molecule has 0 aromatic heterocycles. The molecule has 5 heteroatoms. The number of rotatable bonds is 5. The van der Waals surface area contributed by atoms with Crippen LogP contribution in [0.15, 0.2) is 18.2 Å². The lowest BCUT2D eigenvalue weighted by atomic mass is 10.2. The summed E-state index contributed by atoms with van der Waals surface area (Å²) >= 11 is 1.48. The monoisotopic (exact) mass is 283 g/mol. The van der Waals surface area contributed by atoms with E-state index < -0.39 is 5.60 Å². The Bertz CT molecular complexity index is 441. The molecule has 0 saturated heterocycles. The Balaban J connectivity index is 2.49. The number of hydrogen-bond acceptors (Lipinski definition) is 5. The smallest absolute Gasteiger partial charge is 0.316 e. The molecule has 0 aliphatic heterocycles. The van der Waals surface area contributed by atoms with Crippen molar-refractivity contribution in [2.75, 3.05) is 18.6 Å². The average molecular weight is 283 g/mol. The summed E-state index contributed by atoms with van der Waals surface area (Å²) in [6.45, 7) is 5.57. The van der Waals surface area contributed by atoms with Crippen LogP contribution in [0.1, 0.15) is 26.3 Å². The first-order valence-corrected chi connectivity index (χ1v) is 7.19.